The molecule has 4 aliphatic rings. The van der Waals surface area contributed by atoms with E-state index < -0.39 is 137 Å². The van der Waals surface area contributed by atoms with Crippen LogP contribution in [0.4, 0.5) is 40.3 Å². The minimum Gasteiger partial charge on any atom is -0.447 e. The smallest absolute Gasteiger partial charge is 0.411 e. The standard InChI is InChI=1S/C71H75Cl2F7N16O6/c1-64(2,3)37-69(44-20-16-40(17-21-44)47-14-10-12-30-83-47)58(97)93(60(81)88-69)51(35-101-62(99)90-65(4,5)6)43-19-23-46(73)50(33-43)96-57(55(76)77)87-53(92-96)34-66(7,8)38-70(67(9)26-24-41(25-27-67)48-15-11-13-31-84-48)59(98)94(61(82)89-70)52(36-102-63(100)91-68(28-29-68)71(78,79)80)42-18-22-45(72)49(32-42)95-56(54(74)75)85-39-86-95/h10-26,30-33,39,51-52,54-55H,27-29,34-38H2,1-9H3,(H2,81,88)(H2,82,89)(H,90,99)(H,91,100)/t51-,52-,67?,69-,70+/m1/s1. The first-order valence-electron chi connectivity index (χ1n) is 32.6. The van der Waals surface area contributed by atoms with Crippen LogP contribution in [-0.2, 0) is 31.0 Å². The summed E-state index contributed by atoms with van der Waals surface area (Å²) in [4.78, 5) is 78.1. The maximum absolute atomic E-state index is 16.3. The summed E-state index contributed by atoms with van der Waals surface area (Å²) in [6.45, 7) is 14.7. The molecular formula is C71H75Cl2F7N16O6. The van der Waals surface area contributed by atoms with Gasteiger partial charge in [-0.1, -0.05) is 132 Å². The highest BCUT2D eigenvalue weighted by Gasteiger charge is 2.66. The second-order valence-electron chi connectivity index (χ2n) is 29.1. The Kier molecular flexibility index (Phi) is 19.8. The molecule has 5 atom stereocenters. The molecule has 3 fully saturated rings. The van der Waals surface area contributed by atoms with E-state index in [1.165, 1.54) is 36.4 Å². The number of carbonyl (C=O) groups excluding carboxylic acids is 4. The maximum atomic E-state index is 16.3. The van der Waals surface area contributed by atoms with Gasteiger partial charge in [-0.05, 0) is 134 Å². The lowest BCUT2D eigenvalue weighted by Gasteiger charge is -2.47. The van der Waals surface area contributed by atoms with Gasteiger partial charge < -0.3 is 30.7 Å². The molecule has 2 aliphatic carbocycles. The van der Waals surface area contributed by atoms with Crippen LogP contribution in [0, 0.1) is 27.1 Å². The number of allylic oxidation sites excluding steroid dienone is 3. The Morgan fingerprint density at radius 2 is 1.26 bits per heavy atom. The van der Waals surface area contributed by atoms with E-state index >= 15 is 18.4 Å². The second kappa shape index (κ2) is 27.5. The monoisotopic (exact) mass is 1450 g/mol. The number of ether oxygens (including phenoxy) is 2. The number of alkyl halides is 7. The van der Waals surface area contributed by atoms with Crippen molar-refractivity contribution in [2.75, 3.05) is 13.2 Å². The molecule has 31 heteroatoms. The molecule has 1 saturated carbocycles. The molecular weight excluding hydrogens is 1380 g/mol. The third-order valence-electron chi connectivity index (χ3n) is 18.4. The zero-order valence-corrected chi connectivity index (χ0v) is 58.5. The zero-order valence-electron chi connectivity index (χ0n) is 57.0. The number of nitrogens with one attached hydrogen (secondary N) is 6. The summed E-state index contributed by atoms with van der Waals surface area (Å²) >= 11 is 13.6. The van der Waals surface area contributed by atoms with Crippen molar-refractivity contribution in [2.45, 2.75) is 154 Å². The van der Waals surface area contributed by atoms with Gasteiger partial charge in [0.1, 0.15) is 36.2 Å². The van der Waals surface area contributed by atoms with Gasteiger partial charge in [-0.3, -0.25) is 40.2 Å². The van der Waals surface area contributed by atoms with Crippen LogP contribution in [0.5, 0.6) is 0 Å². The summed E-state index contributed by atoms with van der Waals surface area (Å²) in [5.74, 6) is -4.26. The normalized spacial score (nSPS) is 20.5. The Morgan fingerprint density at radius 3 is 1.79 bits per heavy atom. The average molecular weight is 1450 g/mol. The highest BCUT2D eigenvalue weighted by atomic mass is 35.5. The van der Waals surface area contributed by atoms with Crippen LogP contribution in [0.3, 0.4) is 0 Å². The lowest BCUT2D eigenvalue weighted by Crippen LogP contribution is -2.61. The molecule has 3 aromatic carbocycles. The zero-order chi connectivity index (χ0) is 73.9. The van der Waals surface area contributed by atoms with Gasteiger partial charge in [-0.15, -0.1) is 0 Å². The molecule has 102 heavy (non-hydrogen) atoms. The van der Waals surface area contributed by atoms with Crippen LogP contribution in [0.15, 0.2) is 134 Å². The number of benzene rings is 3. The van der Waals surface area contributed by atoms with Crippen LogP contribution in [-0.4, -0.2) is 121 Å². The first kappa shape index (κ1) is 73.4. The number of guanidine groups is 2. The van der Waals surface area contributed by atoms with Crippen LogP contribution in [0.2, 0.25) is 10.0 Å². The van der Waals surface area contributed by atoms with Crippen molar-refractivity contribution in [3.05, 3.63) is 184 Å². The Bertz CT molecular complexity index is 4440. The molecule has 7 aromatic rings. The predicted octanol–water partition coefficient (Wildman–Crippen LogP) is 14.4. The fraction of sp³-hybridized carbons (Fsp3) is 0.408. The molecule has 0 radical (unpaired) electrons. The first-order chi connectivity index (χ1) is 47.9. The van der Waals surface area contributed by atoms with Gasteiger partial charge in [0, 0.05) is 35.3 Å². The summed E-state index contributed by atoms with van der Waals surface area (Å²) in [6.07, 6.45) is -5.36. The molecule has 538 valence electrons. The summed E-state index contributed by atoms with van der Waals surface area (Å²) in [5, 5.41) is 38.7. The molecule has 11 rings (SSSR count). The fourth-order valence-corrected chi connectivity index (χ4v) is 13.9. The van der Waals surface area contributed by atoms with Gasteiger partial charge in [-0.25, -0.2) is 46.5 Å². The van der Waals surface area contributed by atoms with Crippen molar-refractivity contribution >= 4 is 64.7 Å². The fourth-order valence-electron chi connectivity index (χ4n) is 13.5. The summed E-state index contributed by atoms with van der Waals surface area (Å²) in [5.41, 5.74) is -6.92. The summed E-state index contributed by atoms with van der Waals surface area (Å²) < 4.78 is 116. The summed E-state index contributed by atoms with van der Waals surface area (Å²) in [6, 6.07) is 23.2. The molecule has 22 nitrogen and oxygen atoms in total. The number of hydrogen-bond donors (Lipinski definition) is 6. The lowest BCUT2D eigenvalue weighted by atomic mass is 9.60. The minimum atomic E-state index is -4.85. The number of amides is 4. The van der Waals surface area contributed by atoms with E-state index in [4.69, 9.17) is 32.7 Å². The number of pyridine rings is 2. The Balaban J connectivity index is 0.963. The molecule has 4 amide bonds. The molecule has 2 aliphatic heterocycles. The number of carbonyl (C=O) groups is 4. The molecule has 0 bridgehead atoms. The third kappa shape index (κ3) is 14.8. The van der Waals surface area contributed by atoms with E-state index in [1.807, 2.05) is 56.4 Å². The molecule has 1 unspecified atom stereocenters. The van der Waals surface area contributed by atoms with Crippen molar-refractivity contribution in [3.8, 4) is 22.6 Å². The molecule has 0 spiro atoms. The van der Waals surface area contributed by atoms with E-state index in [2.05, 4.69) is 46.1 Å². The second-order valence-corrected chi connectivity index (χ2v) is 30.0. The Hall–Kier alpha value is -9.77. The molecule has 4 aromatic heterocycles. The number of nitrogens with zero attached hydrogens (tertiary/aromatic N) is 10. The van der Waals surface area contributed by atoms with E-state index in [0.29, 0.717) is 22.5 Å². The Morgan fingerprint density at radius 1 is 0.696 bits per heavy atom. The highest BCUT2D eigenvalue weighted by Crippen LogP contribution is 2.53. The van der Waals surface area contributed by atoms with Crippen molar-refractivity contribution in [2.24, 2.45) is 16.2 Å². The molecule has 6 N–H and O–H groups in total. The number of halogens is 9. The van der Waals surface area contributed by atoms with Crippen LogP contribution < -0.4 is 21.3 Å². The number of alkyl carbamates (subject to hydrolysis) is 2. The van der Waals surface area contributed by atoms with Crippen molar-refractivity contribution in [1.29, 1.82) is 10.8 Å². The van der Waals surface area contributed by atoms with Crippen LogP contribution >= 0.6 is 23.2 Å². The Labute approximate surface area is 592 Å². The van der Waals surface area contributed by atoms with Gasteiger partial charge in [0.25, 0.3) is 24.7 Å². The van der Waals surface area contributed by atoms with Crippen molar-refractivity contribution < 1.29 is 59.4 Å². The number of aromatic nitrogens is 8. The van der Waals surface area contributed by atoms with Gasteiger partial charge in [0.2, 0.25) is 0 Å². The average Bonchev–Trinajstić information content (AvgIpc) is 1.52. The SMILES string of the molecule is CC(C)(C)C[C@]1(c2ccc(-c3ccccn3)cc2)NC(=N)N([C@H](COC(=O)NC(C)(C)C)c2ccc(Cl)c(-n3nc(CC(C)(C)C[C@]4(C5(C)C=CC(c6ccccn6)=CC5)NC(=N)N([C@H](COC(=O)NC5(C(F)(F)F)CC5)c5ccc(Cl)c(-n6ncnc6C(F)F)c5)C4=O)nc3C(F)F)c2)C1=O. The largest absolute Gasteiger partial charge is 0.447 e. The van der Waals surface area contributed by atoms with Crippen molar-refractivity contribution in [1.82, 2.24) is 70.6 Å². The number of rotatable bonds is 22. The molecule has 2 saturated heterocycles. The van der Waals surface area contributed by atoms with Gasteiger partial charge in [0.15, 0.2) is 29.4 Å². The maximum Gasteiger partial charge on any atom is 0.411 e. The van der Waals surface area contributed by atoms with E-state index in [9.17, 15) is 42.4 Å². The van der Waals surface area contributed by atoms with Crippen LogP contribution in [0.25, 0.3) is 28.2 Å². The first-order valence-corrected chi connectivity index (χ1v) is 33.3. The highest BCUT2D eigenvalue weighted by molar-refractivity contribution is 6.32. The molecule has 6 heterocycles. The van der Waals surface area contributed by atoms with E-state index in [-0.39, 0.29) is 70.0 Å². The van der Waals surface area contributed by atoms with Gasteiger partial charge >= 0.3 is 18.4 Å². The van der Waals surface area contributed by atoms with E-state index in [1.54, 1.807) is 102 Å². The van der Waals surface area contributed by atoms with Gasteiger partial charge in [-0.2, -0.15) is 23.4 Å². The minimum absolute atomic E-state index is 0.00730. The van der Waals surface area contributed by atoms with Crippen LogP contribution in [0.1, 0.15) is 159 Å². The topological polar surface area (TPSA) is 276 Å². The van der Waals surface area contributed by atoms with Crippen molar-refractivity contribution in [3.63, 3.8) is 0 Å². The summed E-state index contributed by atoms with van der Waals surface area (Å²) in [7, 11) is 0. The third-order valence-corrected chi connectivity index (χ3v) is 19.1. The number of hydrogen-bond acceptors (Lipinski definition) is 14. The predicted molar refractivity (Wildman–Crippen MR) is 365 cm³/mol. The van der Waals surface area contributed by atoms with Gasteiger partial charge in [0.05, 0.1) is 44.9 Å². The quantitative estimate of drug-likeness (QED) is 0.0345. The van der Waals surface area contributed by atoms with E-state index in [0.717, 1.165) is 31.1 Å². The lowest BCUT2D eigenvalue weighted by molar-refractivity contribution is -0.164.